The number of hydrogen-bond acceptors (Lipinski definition) is 6. The highest BCUT2D eigenvalue weighted by atomic mass is 19.1. The molecule has 1 N–H and O–H groups in total. The number of ether oxygens (including phenoxy) is 1. The number of rotatable bonds is 4. The molecule has 5 heterocycles. The van der Waals surface area contributed by atoms with Crippen LogP contribution >= 0.6 is 0 Å². The lowest BCUT2D eigenvalue weighted by molar-refractivity contribution is -0.0378. The largest absolute Gasteiger partial charge is 0.376 e. The molecule has 2 saturated heterocycles. The lowest BCUT2D eigenvalue weighted by Crippen LogP contribution is -2.62. The molecule has 0 unspecified atom stereocenters. The van der Waals surface area contributed by atoms with Gasteiger partial charge in [-0.25, -0.2) is 13.9 Å². The molecule has 2 aliphatic heterocycles. The lowest BCUT2D eigenvalue weighted by Gasteiger charge is -2.46. The number of aromatic amines is 1. The summed E-state index contributed by atoms with van der Waals surface area (Å²) >= 11 is 0. The summed E-state index contributed by atoms with van der Waals surface area (Å²) in [6.07, 6.45) is 5.05. The maximum atomic E-state index is 13.9. The van der Waals surface area contributed by atoms with Crippen LogP contribution in [0, 0.1) is 5.82 Å². The first-order chi connectivity index (χ1) is 19.6. The van der Waals surface area contributed by atoms with Gasteiger partial charge in [0.15, 0.2) is 5.65 Å². The number of H-pyrrole nitrogens is 1. The number of fused-ring (bicyclic) bond motifs is 1. The number of carbonyl (C=O) groups is 2. The molecule has 214 valence electrons. The van der Waals surface area contributed by atoms with Crippen LogP contribution in [0.4, 0.5) is 4.39 Å². The molecule has 6 rings (SSSR count). The molecule has 10 nitrogen and oxygen atoms in total. The third-order valence-corrected chi connectivity index (χ3v) is 8.12. The van der Waals surface area contributed by atoms with Crippen molar-refractivity contribution in [3.8, 4) is 11.3 Å². The second-order valence-corrected chi connectivity index (χ2v) is 11.8. The molecule has 3 aromatic heterocycles. The van der Waals surface area contributed by atoms with Crippen molar-refractivity contribution in [3.63, 3.8) is 0 Å². The normalized spacial score (nSPS) is 22.7. The van der Waals surface area contributed by atoms with Gasteiger partial charge < -0.3 is 14.5 Å². The van der Waals surface area contributed by atoms with Crippen molar-refractivity contribution in [1.82, 2.24) is 34.6 Å². The van der Waals surface area contributed by atoms with Crippen LogP contribution in [-0.2, 0) is 4.74 Å². The smallest absolute Gasteiger partial charge is 0.274 e. The van der Waals surface area contributed by atoms with E-state index in [1.165, 1.54) is 12.1 Å². The molecule has 11 heteroatoms. The number of halogens is 1. The van der Waals surface area contributed by atoms with E-state index in [0.717, 1.165) is 24.0 Å². The zero-order valence-corrected chi connectivity index (χ0v) is 23.7. The standard InChI is InChI=1S/C30H34FN7O3/c1-18-13-21(14-19(2)41-18)23-15-25(20-5-7-22(31)8-6-20)35-38-16-26(33-27(23)38)29(40)37-12-11-36(17-30(37,3)4)28(39)24-9-10-32-34-24/h5-10,15-16,18-19,21H,11-14,17H2,1-4H3,(H,32,34)/t18-,19+,21+. The molecule has 0 radical (unpaired) electrons. The van der Waals surface area contributed by atoms with E-state index >= 15 is 0 Å². The van der Waals surface area contributed by atoms with E-state index in [-0.39, 0.29) is 35.8 Å². The van der Waals surface area contributed by atoms with Gasteiger partial charge in [-0.05, 0) is 82.9 Å². The van der Waals surface area contributed by atoms with Crippen LogP contribution in [0.1, 0.15) is 73.0 Å². The number of nitrogens with one attached hydrogen (secondary N) is 1. The summed E-state index contributed by atoms with van der Waals surface area (Å²) in [4.78, 5) is 35.2. The minimum atomic E-state index is -0.623. The molecule has 0 spiro atoms. The maximum Gasteiger partial charge on any atom is 0.274 e. The first-order valence-corrected chi connectivity index (χ1v) is 14.0. The second-order valence-electron chi connectivity index (χ2n) is 11.8. The molecule has 2 amide bonds. The summed E-state index contributed by atoms with van der Waals surface area (Å²) in [5, 5.41) is 11.4. The fraction of sp³-hybridized carbons (Fsp3) is 0.433. The molecule has 0 aliphatic carbocycles. The summed E-state index contributed by atoms with van der Waals surface area (Å²) in [5.74, 6) is -0.501. The topological polar surface area (TPSA) is 109 Å². The average molecular weight is 560 g/mol. The van der Waals surface area contributed by atoms with Gasteiger partial charge in [-0.2, -0.15) is 10.2 Å². The average Bonchev–Trinajstić information content (AvgIpc) is 3.62. The molecule has 41 heavy (non-hydrogen) atoms. The Balaban J connectivity index is 1.34. The van der Waals surface area contributed by atoms with Gasteiger partial charge in [0.2, 0.25) is 0 Å². The van der Waals surface area contributed by atoms with Crippen LogP contribution in [0.3, 0.4) is 0 Å². The molecular formula is C30H34FN7O3. The van der Waals surface area contributed by atoms with Gasteiger partial charge in [-0.15, -0.1) is 0 Å². The number of aromatic nitrogens is 5. The Labute approximate surface area is 237 Å². The zero-order chi connectivity index (χ0) is 28.9. The Kier molecular flexibility index (Phi) is 6.85. The van der Waals surface area contributed by atoms with Crippen LogP contribution < -0.4 is 0 Å². The van der Waals surface area contributed by atoms with Gasteiger partial charge in [-0.3, -0.25) is 14.7 Å². The predicted octanol–water partition coefficient (Wildman–Crippen LogP) is 4.31. The van der Waals surface area contributed by atoms with Crippen LogP contribution in [-0.4, -0.2) is 83.8 Å². The van der Waals surface area contributed by atoms with Gasteiger partial charge in [0.1, 0.15) is 17.2 Å². The van der Waals surface area contributed by atoms with Crippen LogP contribution in [0.15, 0.2) is 48.8 Å². The fourth-order valence-corrected chi connectivity index (χ4v) is 6.21. The van der Waals surface area contributed by atoms with E-state index in [1.807, 2.05) is 19.9 Å². The summed E-state index contributed by atoms with van der Waals surface area (Å²) in [6.45, 7) is 9.19. The zero-order valence-electron chi connectivity index (χ0n) is 23.7. The quantitative estimate of drug-likeness (QED) is 0.399. The number of carbonyl (C=O) groups excluding carboxylic acids is 2. The monoisotopic (exact) mass is 559 g/mol. The van der Waals surface area contributed by atoms with Gasteiger partial charge in [-0.1, -0.05) is 0 Å². The van der Waals surface area contributed by atoms with Crippen molar-refractivity contribution >= 4 is 17.5 Å². The Hall–Kier alpha value is -4.12. The summed E-state index contributed by atoms with van der Waals surface area (Å²) in [7, 11) is 0. The third kappa shape index (κ3) is 5.21. The Morgan fingerprint density at radius 2 is 1.78 bits per heavy atom. The number of piperazine rings is 1. The molecule has 0 saturated carbocycles. The molecule has 3 atom stereocenters. The minimum Gasteiger partial charge on any atom is -0.376 e. The molecule has 2 fully saturated rings. The van der Waals surface area contributed by atoms with Crippen molar-refractivity contribution in [2.24, 2.45) is 0 Å². The van der Waals surface area contributed by atoms with E-state index in [1.54, 1.807) is 44.9 Å². The van der Waals surface area contributed by atoms with Crippen molar-refractivity contribution in [1.29, 1.82) is 0 Å². The number of benzene rings is 1. The van der Waals surface area contributed by atoms with Crippen LogP contribution in [0.5, 0.6) is 0 Å². The Bertz CT molecular complexity index is 1570. The summed E-state index contributed by atoms with van der Waals surface area (Å²) in [6, 6.07) is 9.91. The first-order valence-electron chi connectivity index (χ1n) is 14.0. The van der Waals surface area contributed by atoms with Crippen molar-refractivity contribution in [3.05, 3.63) is 71.6 Å². The van der Waals surface area contributed by atoms with Crippen LogP contribution in [0.25, 0.3) is 16.9 Å². The Morgan fingerprint density at radius 1 is 1.05 bits per heavy atom. The maximum absolute atomic E-state index is 13.9. The van der Waals surface area contributed by atoms with Crippen molar-refractivity contribution < 1.29 is 18.7 Å². The highest BCUT2D eigenvalue weighted by molar-refractivity contribution is 5.95. The second kappa shape index (κ2) is 10.4. The molecule has 0 bridgehead atoms. The summed E-state index contributed by atoms with van der Waals surface area (Å²) in [5.41, 5.74) is 3.19. The Morgan fingerprint density at radius 3 is 2.44 bits per heavy atom. The van der Waals surface area contributed by atoms with Crippen molar-refractivity contribution in [2.75, 3.05) is 19.6 Å². The number of hydrogen-bond donors (Lipinski definition) is 1. The van der Waals surface area contributed by atoms with Gasteiger partial charge in [0.05, 0.1) is 29.6 Å². The summed E-state index contributed by atoms with van der Waals surface area (Å²) < 4.78 is 21.3. The van der Waals surface area contributed by atoms with Gasteiger partial charge in [0, 0.05) is 37.0 Å². The first kappa shape index (κ1) is 27.1. The van der Waals surface area contributed by atoms with E-state index in [2.05, 4.69) is 24.0 Å². The SMILES string of the molecule is C[C@@H]1C[C@H](c2cc(-c3ccc(F)cc3)nn3cc(C(=O)N4CCN(C(=O)c5ccn[nH]5)CC4(C)C)nc23)C[C@H](C)O1. The molecule has 1 aromatic carbocycles. The molecular weight excluding hydrogens is 525 g/mol. The fourth-order valence-electron chi connectivity index (χ4n) is 6.21. The molecule has 2 aliphatic rings. The van der Waals surface area contributed by atoms with Gasteiger partial charge >= 0.3 is 0 Å². The number of imidazole rings is 1. The van der Waals surface area contributed by atoms with Crippen LogP contribution in [0.2, 0.25) is 0 Å². The van der Waals surface area contributed by atoms with Gasteiger partial charge in [0.25, 0.3) is 11.8 Å². The highest BCUT2D eigenvalue weighted by Gasteiger charge is 2.40. The van der Waals surface area contributed by atoms with E-state index in [9.17, 15) is 14.0 Å². The number of amides is 2. The minimum absolute atomic E-state index is 0.0869. The highest BCUT2D eigenvalue weighted by Crippen LogP contribution is 2.37. The van der Waals surface area contributed by atoms with E-state index in [4.69, 9.17) is 14.8 Å². The number of nitrogens with zero attached hydrogens (tertiary/aromatic N) is 6. The third-order valence-electron chi connectivity index (χ3n) is 8.12. The van der Waals surface area contributed by atoms with E-state index < -0.39 is 5.54 Å². The lowest BCUT2D eigenvalue weighted by atomic mass is 9.86. The predicted molar refractivity (Wildman–Crippen MR) is 150 cm³/mol. The molecule has 4 aromatic rings. The van der Waals surface area contributed by atoms with Crippen molar-refractivity contribution in [2.45, 2.75) is 64.2 Å². The van der Waals surface area contributed by atoms with E-state index in [0.29, 0.717) is 42.4 Å².